The number of aryl methyl sites for hydroxylation is 1. The Kier molecular flexibility index (Phi) is 3.69. The Hall–Kier alpha value is -1.73. The Morgan fingerprint density at radius 1 is 1.52 bits per heavy atom. The number of aromatic nitrogens is 4. The Balaban J connectivity index is 1.84. The van der Waals surface area contributed by atoms with Crippen LogP contribution in [-0.4, -0.2) is 37.3 Å². The van der Waals surface area contributed by atoms with E-state index < -0.39 is 0 Å². The van der Waals surface area contributed by atoms with Gasteiger partial charge in [-0.25, -0.2) is 9.97 Å². The van der Waals surface area contributed by atoms with Gasteiger partial charge in [-0.1, -0.05) is 13.8 Å². The Morgan fingerprint density at radius 3 is 3.22 bits per heavy atom. The molecule has 3 aromatic heterocycles. The summed E-state index contributed by atoms with van der Waals surface area (Å²) in [6, 6.07) is 0. The molecule has 2 N–H and O–H groups in total. The van der Waals surface area contributed by atoms with Crippen LogP contribution in [0, 0.1) is 5.92 Å². The second-order valence-electron chi connectivity index (χ2n) is 6.41. The van der Waals surface area contributed by atoms with E-state index in [1.807, 2.05) is 6.92 Å². The van der Waals surface area contributed by atoms with Crippen LogP contribution in [-0.2, 0) is 12.8 Å². The summed E-state index contributed by atoms with van der Waals surface area (Å²) in [5, 5.41) is 18.5. The fourth-order valence-electron chi connectivity index (χ4n) is 3.23. The van der Waals surface area contributed by atoms with E-state index in [1.54, 1.807) is 22.2 Å². The molecule has 7 heteroatoms. The highest BCUT2D eigenvalue weighted by molar-refractivity contribution is 7.19. The van der Waals surface area contributed by atoms with Crippen molar-refractivity contribution in [2.45, 2.75) is 45.6 Å². The molecule has 0 saturated carbocycles. The molecule has 0 fully saturated rings. The number of hydrogen-bond acceptors (Lipinski definition) is 6. The van der Waals surface area contributed by atoms with Crippen LogP contribution in [0.1, 0.15) is 37.1 Å². The lowest BCUT2D eigenvalue weighted by Gasteiger charge is -2.18. The minimum atomic E-state index is -0.386. The summed E-state index contributed by atoms with van der Waals surface area (Å²) in [7, 11) is 0. The Morgan fingerprint density at radius 2 is 2.39 bits per heavy atom. The first kappa shape index (κ1) is 14.8. The molecule has 0 aliphatic heterocycles. The molecule has 0 bridgehead atoms. The number of aliphatic hydroxyl groups excluding tert-OH is 1. The molecule has 0 unspecified atom stereocenters. The van der Waals surface area contributed by atoms with Crippen molar-refractivity contribution in [1.29, 1.82) is 0 Å². The summed E-state index contributed by atoms with van der Waals surface area (Å²) in [4.78, 5) is 11.7. The minimum Gasteiger partial charge on any atom is -0.391 e. The molecule has 0 spiro atoms. The fraction of sp³-hybridized carbons (Fsp3) is 0.562. The minimum absolute atomic E-state index is 0.386. The van der Waals surface area contributed by atoms with Crippen LogP contribution in [0.5, 0.6) is 0 Å². The normalized spacial score (nSPS) is 19.2. The number of nitrogens with zero attached hydrogens (tertiary/aromatic N) is 4. The molecule has 2 atom stereocenters. The van der Waals surface area contributed by atoms with Crippen molar-refractivity contribution in [3.8, 4) is 0 Å². The molecule has 3 aromatic rings. The molecule has 3 heterocycles. The Bertz CT molecular complexity index is 855. The number of hydrogen-bond donors (Lipinski definition) is 2. The average molecular weight is 331 g/mol. The van der Waals surface area contributed by atoms with E-state index in [0.29, 0.717) is 24.8 Å². The second-order valence-corrected chi connectivity index (χ2v) is 7.49. The SMILES string of the molecule is CC[C@@H](O)CNc1nc2sc3c(c2c2ncnn12)C[C@H](C)CC3. The van der Waals surface area contributed by atoms with Crippen LogP contribution in [0.2, 0.25) is 0 Å². The van der Waals surface area contributed by atoms with Gasteiger partial charge in [-0.2, -0.15) is 9.61 Å². The van der Waals surface area contributed by atoms with Crippen LogP contribution in [0.4, 0.5) is 5.95 Å². The third-order valence-electron chi connectivity index (χ3n) is 4.64. The summed E-state index contributed by atoms with van der Waals surface area (Å²) < 4.78 is 1.76. The van der Waals surface area contributed by atoms with Gasteiger partial charge >= 0.3 is 0 Å². The molecule has 6 nitrogen and oxygen atoms in total. The average Bonchev–Trinajstić information content (AvgIpc) is 3.15. The number of thiophene rings is 1. The van der Waals surface area contributed by atoms with Gasteiger partial charge in [0.2, 0.25) is 5.95 Å². The van der Waals surface area contributed by atoms with Crippen molar-refractivity contribution in [3.63, 3.8) is 0 Å². The number of anilines is 1. The number of fused-ring (bicyclic) bond motifs is 5. The predicted octanol–water partition coefficient (Wildman–Crippen LogP) is 2.65. The lowest BCUT2D eigenvalue weighted by atomic mass is 9.89. The number of aliphatic hydroxyl groups is 1. The van der Waals surface area contributed by atoms with Gasteiger partial charge in [-0.15, -0.1) is 11.3 Å². The zero-order valence-corrected chi connectivity index (χ0v) is 14.2. The largest absolute Gasteiger partial charge is 0.391 e. The zero-order valence-electron chi connectivity index (χ0n) is 13.4. The summed E-state index contributed by atoms with van der Waals surface area (Å²) in [5.74, 6) is 1.37. The molecule has 23 heavy (non-hydrogen) atoms. The van der Waals surface area contributed by atoms with Crippen LogP contribution >= 0.6 is 11.3 Å². The van der Waals surface area contributed by atoms with E-state index in [4.69, 9.17) is 4.98 Å². The van der Waals surface area contributed by atoms with Gasteiger partial charge in [0.05, 0.1) is 11.5 Å². The van der Waals surface area contributed by atoms with Gasteiger partial charge in [0.1, 0.15) is 11.2 Å². The highest BCUT2D eigenvalue weighted by Crippen LogP contribution is 2.39. The van der Waals surface area contributed by atoms with Crippen molar-refractivity contribution in [3.05, 3.63) is 16.8 Å². The maximum absolute atomic E-state index is 9.78. The number of rotatable bonds is 4. The van der Waals surface area contributed by atoms with Gasteiger partial charge < -0.3 is 10.4 Å². The van der Waals surface area contributed by atoms with Gasteiger partial charge in [0.25, 0.3) is 0 Å². The maximum Gasteiger partial charge on any atom is 0.227 e. The summed E-state index contributed by atoms with van der Waals surface area (Å²) >= 11 is 1.78. The molecule has 0 radical (unpaired) electrons. The monoisotopic (exact) mass is 331 g/mol. The van der Waals surface area contributed by atoms with Crippen LogP contribution in [0.3, 0.4) is 0 Å². The van der Waals surface area contributed by atoms with E-state index in [-0.39, 0.29) is 6.10 Å². The maximum atomic E-state index is 9.78. The molecular formula is C16H21N5OS. The van der Waals surface area contributed by atoms with Gasteiger partial charge in [-0.05, 0) is 37.2 Å². The topological polar surface area (TPSA) is 75.3 Å². The summed E-state index contributed by atoms with van der Waals surface area (Å²) in [6.07, 6.45) is 5.38. The van der Waals surface area contributed by atoms with Crippen molar-refractivity contribution in [2.24, 2.45) is 5.92 Å². The highest BCUT2D eigenvalue weighted by Gasteiger charge is 2.24. The Labute approximate surface area is 138 Å². The summed E-state index contributed by atoms with van der Waals surface area (Å²) in [6.45, 7) is 4.73. The number of nitrogens with one attached hydrogen (secondary N) is 1. The smallest absolute Gasteiger partial charge is 0.227 e. The highest BCUT2D eigenvalue weighted by atomic mass is 32.1. The quantitative estimate of drug-likeness (QED) is 0.769. The molecule has 122 valence electrons. The lowest BCUT2D eigenvalue weighted by Crippen LogP contribution is -2.20. The second kappa shape index (κ2) is 5.72. The van der Waals surface area contributed by atoms with Crippen molar-refractivity contribution < 1.29 is 5.11 Å². The van der Waals surface area contributed by atoms with Crippen LogP contribution < -0.4 is 5.32 Å². The molecule has 0 aromatic carbocycles. The van der Waals surface area contributed by atoms with E-state index >= 15 is 0 Å². The molecule has 4 rings (SSSR count). The van der Waals surface area contributed by atoms with E-state index in [0.717, 1.165) is 28.7 Å². The third kappa shape index (κ3) is 2.48. The molecule has 1 aliphatic rings. The van der Waals surface area contributed by atoms with E-state index in [2.05, 4.69) is 22.3 Å². The van der Waals surface area contributed by atoms with Gasteiger partial charge in [0.15, 0.2) is 5.65 Å². The first-order valence-electron chi connectivity index (χ1n) is 8.23. The third-order valence-corrected chi connectivity index (χ3v) is 5.82. The lowest BCUT2D eigenvalue weighted by molar-refractivity contribution is 0.183. The van der Waals surface area contributed by atoms with Crippen molar-refractivity contribution in [2.75, 3.05) is 11.9 Å². The van der Waals surface area contributed by atoms with Crippen LogP contribution in [0.25, 0.3) is 15.9 Å². The zero-order chi connectivity index (χ0) is 16.0. The van der Waals surface area contributed by atoms with Crippen LogP contribution in [0.15, 0.2) is 6.33 Å². The van der Waals surface area contributed by atoms with Gasteiger partial charge in [-0.3, -0.25) is 0 Å². The molecule has 0 amide bonds. The van der Waals surface area contributed by atoms with Crippen molar-refractivity contribution >= 4 is 33.1 Å². The predicted molar refractivity (Wildman–Crippen MR) is 92.1 cm³/mol. The summed E-state index contributed by atoms with van der Waals surface area (Å²) in [5.41, 5.74) is 2.28. The first-order valence-corrected chi connectivity index (χ1v) is 9.05. The first-order chi connectivity index (χ1) is 11.2. The van der Waals surface area contributed by atoms with Crippen molar-refractivity contribution in [1.82, 2.24) is 19.6 Å². The molecule has 0 saturated heterocycles. The van der Waals surface area contributed by atoms with E-state index in [1.165, 1.54) is 16.9 Å². The molecular weight excluding hydrogens is 310 g/mol. The van der Waals surface area contributed by atoms with E-state index in [9.17, 15) is 5.11 Å². The van der Waals surface area contributed by atoms with Gasteiger partial charge in [0, 0.05) is 11.4 Å². The molecule has 1 aliphatic carbocycles. The standard InChI is InChI=1S/C16H21N5OS/c1-3-10(22)7-17-16-20-15-13(14-18-8-19-21(14)16)11-6-9(2)4-5-12(11)23-15/h8-10,22H,3-7H2,1-2H3,(H,17,20)/t9-,10-/m1/s1. The fourth-order valence-corrected chi connectivity index (χ4v) is 4.44.